The van der Waals surface area contributed by atoms with Gasteiger partial charge in [0.25, 0.3) is 0 Å². The van der Waals surface area contributed by atoms with Crippen molar-refractivity contribution < 1.29 is 9.50 Å². The second kappa shape index (κ2) is 4.11. The summed E-state index contributed by atoms with van der Waals surface area (Å²) in [5.41, 5.74) is 0.157. The zero-order valence-corrected chi connectivity index (χ0v) is 8.52. The minimum absolute atomic E-state index is 0. The van der Waals surface area contributed by atoms with Gasteiger partial charge < -0.3 is 5.11 Å². The predicted octanol–water partition coefficient (Wildman–Crippen LogP) is 1.22. The van der Waals surface area contributed by atoms with Crippen LogP contribution in [0, 0.1) is 5.41 Å². The summed E-state index contributed by atoms with van der Waals surface area (Å²) in [5.74, 6) is 0. The fraction of sp³-hybridized carbons (Fsp3) is 1.00. The van der Waals surface area contributed by atoms with Crippen molar-refractivity contribution in [2.24, 2.45) is 5.41 Å². The van der Waals surface area contributed by atoms with Gasteiger partial charge in [-0.3, -0.25) is 4.90 Å². The van der Waals surface area contributed by atoms with E-state index >= 15 is 0 Å². The van der Waals surface area contributed by atoms with Crippen LogP contribution in [0.5, 0.6) is 0 Å². The number of alkyl halides is 1. The van der Waals surface area contributed by atoms with Gasteiger partial charge in [-0.25, -0.2) is 4.39 Å². The topological polar surface area (TPSA) is 23.5 Å². The van der Waals surface area contributed by atoms with Crippen LogP contribution in [0.25, 0.3) is 0 Å². The zero-order valence-electron chi connectivity index (χ0n) is 7.71. The third kappa shape index (κ3) is 2.55. The van der Waals surface area contributed by atoms with E-state index in [9.17, 15) is 4.39 Å². The highest BCUT2D eigenvalue weighted by molar-refractivity contribution is 5.85. The predicted molar refractivity (Wildman–Crippen MR) is 52.0 cm³/mol. The number of rotatable bonds is 3. The largest absolute Gasteiger partial charge is 0.396 e. The first-order valence-electron chi connectivity index (χ1n) is 4.71. The molecule has 1 aliphatic carbocycles. The Hall–Kier alpha value is 0.140. The standard InChI is InChI=1S/C9H16FNO.ClH/c10-8-1-4-11(5-8)6-9(7-12)2-3-9;/h8,12H,1-7H2;1H/t8-;/m1./s1. The Morgan fingerprint density at radius 1 is 1.46 bits per heavy atom. The Morgan fingerprint density at radius 2 is 2.15 bits per heavy atom. The van der Waals surface area contributed by atoms with Crippen LogP contribution >= 0.6 is 12.4 Å². The van der Waals surface area contributed by atoms with Crippen molar-refractivity contribution in [3.8, 4) is 0 Å². The first-order chi connectivity index (χ1) is 5.74. The minimum atomic E-state index is -0.625. The minimum Gasteiger partial charge on any atom is -0.396 e. The summed E-state index contributed by atoms with van der Waals surface area (Å²) >= 11 is 0. The van der Waals surface area contributed by atoms with E-state index in [2.05, 4.69) is 4.90 Å². The van der Waals surface area contributed by atoms with Crippen molar-refractivity contribution in [1.82, 2.24) is 4.90 Å². The lowest BCUT2D eigenvalue weighted by Gasteiger charge is -2.20. The third-order valence-electron chi connectivity index (χ3n) is 3.07. The number of nitrogens with zero attached hydrogens (tertiary/aromatic N) is 1. The quantitative estimate of drug-likeness (QED) is 0.756. The second-order valence-electron chi connectivity index (χ2n) is 4.28. The van der Waals surface area contributed by atoms with Gasteiger partial charge in [-0.1, -0.05) is 0 Å². The molecular formula is C9H17ClFNO. The number of halogens is 2. The Morgan fingerprint density at radius 3 is 2.54 bits per heavy atom. The molecule has 0 bridgehead atoms. The maximum atomic E-state index is 12.8. The van der Waals surface area contributed by atoms with Crippen LogP contribution in [0.3, 0.4) is 0 Å². The van der Waals surface area contributed by atoms with Crippen LogP contribution in [0.2, 0.25) is 0 Å². The van der Waals surface area contributed by atoms with Gasteiger partial charge in [0, 0.05) is 31.7 Å². The first kappa shape index (κ1) is 11.2. The summed E-state index contributed by atoms with van der Waals surface area (Å²) < 4.78 is 12.8. The molecule has 1 saturated heterocycles. The van der Waals surface area contributed by atoms with Crippen LogP contribution in [0.4, 0.5) is 4.39 Å². The van der Waals surface area contributed by atoms with E-state index in [-0.39, 0.29) is 24.4 Å². The molecule has 4 heteroatoms. The molecule has 0 spiro atoms. The van der Waals surface area contributed by atoms with Crippen molar-refractivity contribution in [2.75, 3.05) is 26.2 Å². The Balaban J connectivity index is 0.000000845. The van der Waals surface area contributed by atoms with Crippen molar-refractivity contribution in [3.05, 3.63) is 0 Å². The maximum absolute atomic E-state index is 12.8. The van der Waals surface area contributed by atoms with E-state index in [4.69, 9.17) is 5.11 Å². The van der Waals surface area contributed by atoms with Crippen molar-refractivity contribution in [1.29, 1.82) is 0 Å². The summed E-state index contributed by atoms with van der Waals surface area (Å²) in [6.07, 6.45) is 2.30. The van der Waals surface area contributed by atoms with Gasteiger partial charge in [-0.15, -0.1) is 12.4 Å². The molecule has 0 unspecified atom stereocenters. The van der Waals surface area contributed by atoms with E-state index in [1.165, 1.54) is 0 Å². The second-order valence-corrected chi connectivity index (χ2v) is 4.28. The smallest absolute Gasteiger partial charge is 0.114 e. The number of aliphatic hydroxyl groups is 1. The normalized spacial score (nSPS) is 31.4. The lowest BCUT2D eigenvalue weighted by Crippen LogP contribution is -2.30. The molecule has 1 N–H and O–H groups in total. The Bertz CT molecular complexity index is 175. The molecule has 1 atom stereocenters. The molecule has 1 aliphatic heterocycles. The average molecular weight is 210 g/mol. The highest BCUT2D eigenvalue weighted by Crippen LogP contribution is 2.46. The third-order valence-corrected chi connectivity index (χ3v) is 3.07. The van der Waals surface area contributed by atoms with Gasteiger partial charge in [0.05, 0.1) is 0 Å². The molecule has 1 saturated carbocycles. The number of hydrogen-bond acceptors (Lipinski definition) is 2. The SMILES string of the molecule is Cl.OCC1(CN2CC[C@@H](F)C2)CC1. The molecule has 0 amide bonds. The molecular weight excluding hydrogens is 193 g/mol. The van der Waals surface area contributed by atoms with Crippen LogP contribution in [-0.4, -0.2) is 42.4 Å². The summed E-state index contributed by atoms with van der Waals surface area (Å²) in [6.45, 7) is 2.65. The molecule has 2 rings (SSSR count). The molecule has 2 aliphatic rings. The summed E-state index contributed by atoms with van der Waals surface area (Å²) in [7, 11) is 0. The average Bonchev–Trinajstić information content (AvgIpc) is 2.71. The summed E-state index contributed by atoms with van der Waals surface area (Å²) in [4.78, 5) is 2.15. The molecule has 2 nitrogen and oxygen atoms in total. The van der Waals surface area contributed by atoms with Crippen LogP contribution in [0.15, 0.2) is 0 Å². The van der Waals surface area contributed by atoms with E-state index in [1.54, 1.807) is 0 Å². The lowest BCUT2D eigenvalue weighted by molar-refractivity contribution is 0.158. The lowest BCUT2D eigenvalue weighted by atomic mass is 10.1. The van der Waals surface area contributed by atoms with Crippen molar-refractivity contribution in [2.45, 2.75) is 25.4 Å². The monoisotopic (exact) mass is 209 g/mol. The number of aliphatic hydroxyl groups excluding tert-OH is 1. The molecule has 2 fully saturated rings. The highest BCUT2D eigenvalue weighted by atomic mass is 35.5. The van der Waals surface area contributed by atoms with Crippen molar-refractivity contribution >= 4 is 12.4 Å². The Labute approximate surface area is 84.5 Å². The van der Waals surface area contributed by atoms with Gasteiger partial charge in [0.2, 0.25) is 0 Å². The summed E-state index contributed by atoms with van der Waals surface area (Å²) in [6, 6.07) is 0. The molecule has 0 aromatic heterocycles. The molecule has 0 aromatic carbocycles. The van der Waals surface area contributed by atoms with Gasteiger partial charge in [0.15, 0.2) is 0 Å². The van der Waals surface area contributed by atoms with Gasteiger partial charge in [-0.05, 0) is 19.3 Å². The molecule has 13 heavy (non-hydrogen) atoms. The van der Waals surface area contributed by atoms with E-state index in [0.717, 1.165) is 25.9 Å². The Kier molecular flexibility index (Phi) is 3.55. The summed E-state index contributed by atoms with van der Waals surface area (Å²) in [5, 5.41) is 9.06. The maximum Gasteiger partial charge on any atom is 0.114 e. The van der Waals surface area contributed by atoms with Crippen molar-refractivity contribution in [3.63, 3.8) is 0 Å². The molecule has 0 radical (unpaired) electrons. The van der Waals surface area contributed by atoms with Crippen LogP contribution in [0.1, 0.15) is 19.3 Å². The molecule has 1 heterocycles. The first-order valence-corrected chi connectivity index (χ1v) is 4.71. The fourth-order valence-electron chi connectivity index (χ4n) is 1.95. The number of likely N-dealkylation sites (tertiary alicyclic amines) is 1. The van der Waals surface area contributed by atoms with Crippen LogP contribution in [-0.2, 0) is 0 Å². The van der Waals surface area contributed by atoms with Gasteiger partial charge >= 0.3 is 0 Å². The van der Waals surface area contributed by atoms with Gasteiger partial charge in [0.1, 0.15) is 6.17 Å². The van der Waals surface area contributed by atoms with E-state index in [0.29, 0.717) is 13.0 Å². The van der Waals surface area contributed by atoms with Gasteiger partial charge in [-0.2, -0.15) is 0 Å². The fourth-order valence-corrected chi connectivity index (χ4v) is 1.95. The zero-order chi connectivity index (χ0) is 8.60. The molecule has 0 aromatic rings. The van der Waals surface area contributed by atoms with Crippen LogP contribution < -0.4 is 0 Å². The molecule has 78 valence electrons. The highest BCUT2D eigenvalue weighted by Gasteiger charge is 2.44. The van der Waals surface area contributed by atoms with E-state index < -0.39 is 6.17 Å². The van der Waals surface area contributed by atoms with E-state index in [1.807, 2.05) is 0 Å². The number of hydrogen-bond donors (Lipinski definition) is 1.